The third-order valence-corrected chi connectivity index (χ3v) is 7.38. The molecule has 0 atom stereocenters. The highest BCUT2D eigenvalue weighted by atomic mass is 32.2. The molecule has 0 spiro atoms. The van der Waals surface area contributed by atoms with Crippen molar-refractivity contribution in [3.05, 3.63) is 28.2 Å². The topological polar surface area (TPSA) is 132 Å². The summed E-state index contributed by atoms with van der Waals surface area (Å²) in [7, 11) is -3.32. The summed E-state index contributed by atoms with van der Waals surface area (Å²) in [6, 6.07) is 0. The van der Waals surface area contributed by atoms with Crippen LogP contribution in [0.3, 0.4) is 0 Å². The molecule has 0 saturated carbocycles. The quantitative estimate of drug-likeness (QED) is 0.624. The van der Waals surface area contributed by atoms with Crippen LogP contribution in [-0.4, -0.2) is 74.7 Å². The molecule has 1 aliphatic rings. The van der Waals surface area contributed by atoms with Crippen LogP contribution >= 0.6 is 0 Å². The van der Waals surface area contributed by atoms with E-state index in [0.717, 1.165) is 0 Å². The number of hydrogen-bond donors (Lipinski definition) is 0. The Labute approximate surface area is 174 Å². The Balaban J connectivity index is 1.65. The van der Waals surface area contributed by atoms with Crippen LogP contribution in [-0.2, 0) is 21.4 Å². The van der Waals surface area contributed by atoms with E-state index < -0.39 is 15.3 Å². The fourth-order valence-electron chi connectivity index (χ4n) is 3.25. The maximum absolute atomic E-state index is 12.8. The van der Waals surface area contributed by atoms with Crippen LogP contribution in [0.5, 0.6) is 0 Å². The minimum Gasteiger partial charge on any atom is -0.340 e. The molecule has 2 aromatic rings. The molecule has 1 fully saturated rings. The number of aromatic nitrogens is 4. The zero-order valence-corrected chi connectivity index (χ0v) is 18.3. The number of nitrogens with zero attached hydrogens (tertiary/aromatic N) is 6. The average Bonchev–Trinajstić information content (AvgIpc) is 3.13. The largest absolute Gasteiger partial charge is 0.340 e. The van der Waals surface area contributed by atoms with Crippen molar-refractivity contribution in [2.75, 3.05) is 26.2 Å². The third-order valence-electron chi connectivity index (χ3n) is 5.10. The molecule has 11 nitrogen and oxygen atoms in total. The van der Waals surface area contributed by atoms with E-state index in [1.54, 1.807) is 32.6 Å². The van der Waals surface area contributed by atoms with Gasteiger partial charge in [0.25, 0.3) is 11.4 Å². The van der Waals surface area contributed by atoms with Crippen molar-refractivity contribution in [3.8, 4) is 11.5 Å². The van der Waals surface area contributed by atoms with Crippen LogP contribution in [0.4, 0.5) is 0 Å². The van der Waals surface area contributed by atoms with Gasteiger partial charge < -0.3 is 9.42 Å². The predicted molar refractivity (Wildman–Crippen MR) is 108 cm³/mol. The van der Waals surface area contributed by atoms with Crippen molar-refractivity contribution in [2.24, 2.45) is 0 Å². The Bertz CT molecular complexity index is 1080. The van der Waals surface area contributed by atoms with Crippen LogP contribution in [0.25, 0.3) is 11.5 Å². The number of amides is 1. The zero-order chi connectivity index (χ0) is 22.1. The molecule has 1 amide bonds. The monoisotopic (exact) mass is 438 g/mol. The minimum absolute atomic E-state index is 0.0903. The lowest BCUT2D eigenvalue weighted by Crippen LogP contribution is -2.52. The van der Waals surface area contributed by atoms with Gasteiger partial charge in [-0.1, -0.05) is 5.16 Å². The normalized spacial score (nSPS) is 15.7. The second kappa shape index (κ2) is 8.64. The summed E-state index contributed by atoms with van der Waals surface area (Å²) >= 11 is 0. The van der Waals surface area contributed by atoms with E-state index in [2.05, 4.69) is 15.1 Å². The Morgan fingerprint density at radius 1 is 1.20 bits per heavy atom. The smallest absolute Gasteiger partial charge is 0.266 e. The lowest BCUT2D eigenvalue weighted by Gasteiger charge is -2.35. The first-order chi connectivity index (χ1) is 14.1. The molecule has 0 aliphatic carbocycles. The number of carbonyl (C=O) groups excluding carboxylic acids is 1. The summed E-state index contributed by atoms with van der Waals surface area (Å²) < 4.78 is 32.4. The van der Waals surface area contributed by atoms with Gasteiger partial charge >= 0.3 is 0 Å². The molecule has 0 N–H and O–H groups in total. The van der Waals surface area contributed by atoms with E-state index in [1.807, 2.05) is 0 Å². The van der Waals surface area contributed by atoms with Crippen molar-refractivity contribution in [1.82, 2.24) is 28.9 Å². The second-order valence-electron chi connectivity index (χ2n) is 7.45. The van der Waals surface area contributed by atoms with E-state index in [1.165, 1.54) is 15.1 Å². The maximum atomic E-state index is 12.8. The molecule has 3 rings (SSSR count). The summed E-state index contributed by atoms with van der Waals surface area (Å²) in [5.74, 6) is 0.834. The minimum atomic E-state index is -3.32. The first kappa shape index (κ1) is 22.1. The number of aryl methyl sites for hydroxylation is 2. The summed E-state index contributed by atoms with van der Waals surface area (Å²) in [5, 5.41) is 3.20. The van der Waals surface area contributed by atoms with Gasteiger partial charge in [-0.15, -0.1) is 0 Å². The lowest BCUT2D eigenvalue weighted by molar-refractivity contribution is -0.132. The first-order valence-corrected chi connectivity index (χ1v) is 11.3. The Hall–Kier alpha value is -2.60. The Morgan fingerprint density at radius 3 is 2.43 bits per heavy atom. The maximum Gasteiger partial charge on any atom is 0.266 e. The highest BCUT2D eigenvalue weighted by molar-refractivity contribution is 7.89. The molecule has 164 valence electrons. The van der Waals surface area contributed by atoms with Crippen molar-refractivity contribution in [1.29, 1.82) is 0 Å². The van der Waals surface area contributed by atoms with Gasteiger partial charge in [0, 0.05) is 45.3 Å². The molecule has 2 aromatic heterocycles. The molecule has 12 heteroatoms. The lowest BCUT2D eigenvalue weighted by atomic mass is 10.2. The molecule has 30 heavy (non-hydrogen) atoms. The molecule has 0 radical (unpaired) electrons. The predicted octanol–water partition coefficient (Wildman–Crippen LogP) is 0.183. The van der Waals surface area contributed by atoms with Crippen molar-refractivity contribution >= 4 is 15.9 Å². The highest BCUT2D eigenvalue weighted by Gasteiger charge is 2.30. The van der Waals surface area contributed by atoms with Gasteiger partial charge in [-0.25, -0.2) is 13.4 Å². The molecule has 3 heterocycles. The highest BCUT2D eigenvalue weighted by Crippen LogP contribution is 2.14. The van der Waals surface area contributed by atoms with Gasteiger partial charge in [0.1, 0.15) is 11.4 Å². The molecular weight excluding hydrogens is 412 g/mol. The van der Waals surface area contributed by atoms with Crippen molar-refractivity contribution < 1.29 is 17.7 Å². The zero-order valence-electron chi connectivity index (χ0n) is 17.5. The first-order valence-electron chi connectivity index (χ1n) is 9.75. The fourth-order valence-corrected chi connectivity index (χ4v) is 4.52. The van der Waals surface area contributed by atoms with Gasteiger partial charge in [0.05, 0.1) is 5.25 Å². The van der Waals surface area contributed by atoms with Gasteiger partial charge in [0.15, 0.2) is 5.82 Å². The fraction of sp³-hybridized carbons (Fsp3) is 0.611. The van der Waals surface area contributed by atoms with Gasteiger partial charge in [-0.3, -0.25) is 14.2 Å². The SMILES string of the molecule is Cc1noc(-c2cnc(C)n(CCC(=O)N3CCN(S(=O)(=O)C(C)C)CC3)c2=O)n1. The number of carbonyl (C=O) groups is 1. The standard InChI is InChI=1S/C18H26N6O5S/c1-12(2)30(27,28)23-9-7-22(8-10-23)16(25)5-6-24-14(4)19-11-15(18(24)26)17-20-13(3)21-29-17/h11-12H,5-10H2,1-4H3. The van der Waals surface area contributed by atoms with Crippen LogP contribution in [0.2, 0.25) is 0 Å². The number of hydrogen-bond acceptors (Lipinski definition) is 8. The van der Waals surface area contributed by atoms with E-state index in [-0.39, 0.29) is 49.0 Å². The third kappa shape index (κ3) is 4.43. The molecule has 1 aliphatic heterocycles. The van der Waals surface area contributed by atoms with Gasteiger partial charge in [-0.05, 0) is 27.7 Å². The van der Waals surface area contributed by atoms with Crippen LogP contribution in [0.15, 0.2) is 15.5 Å². The number of piperazine rings is 1. The molecule has 0 aromatic carbocycles. The van der Waals surface area contributed by atoms with E-state index in [9.17, 15) is 18.0 Å². The van der Waals surface area contributed by atoms with E-state index in [4.69, 9.17) is 4.52 Å². The van der Waals surface area contributed by atoms with Crippen molar-refractivity contribution in [3.63, 3.8) is 0 Å². The average molecular weight is 439 g/mol. The summed E-state index contributed by atoms with van der Waals surface area (Å²) in [5.41, 5.74) is -0.173. The van der Waals surface area contributed by atoms with Crippen molar-refractivity contribution in [2.45, 2.75) is 45.9 Å². The molecule has 0 bridgehead atoms. The van der Waals surface area contributed by atoms with Gasteiger partial charge in [0.2, 0.25) is 15.9 Å². The van der Waals surface area contributed by atoms with Gasteiger partial charge in [-0.2, -0.15) is 9.29 Å². The Morgan fingerprint density at radius 2 is 1.87 bits per heavy atom. The summed E-state index contributed by atoms with van der Waals surface area (Å²) in [6.07, 6.45) is 1.49. The number of sulfonamides is 1. The molecular formula is C18H26N6O5S. The Kier molecular flexibility index (Phi) is 6.36. The van der Waals surface area contributed by atoms with E-state index >= 15 is 0 Å². The van der Waals surface area contributed by atoms with Crippen LogP contribution in [0.1, 0.15) is 31.9 Å². The molecule has 0 unspecified atom stereocenters. The van der Waals surface area contributed by atoms with Crippen LogP contribution in [0, 0.1) is 13.8 Å². The molecule has 1 saturated heterocycles. The van der Waals surface area contributed by atoms with Crippen LogP contribution < -0.4 is 5.56 Å². The summed E-state index contributed by atoms with van der Waals surface area (Å²) in [6.45, 7) is 7.99. The number of rotatable bonds is 6. The second-order valence-corrected chi connectivity index (χ2v) is 9.94. The van der Waals surface area contributed by atoms with E-state index in [0.29, 0.717) is 24.7 Å². The summed E-state index contributed by atoms with van der Waals surface area (Å²) in [4.78, 5) is 35.3.